The van der Waals surface area contributed by atoms with Gasteiger partial charge in [0.05, 0.1) is 6.61 Å². The number of nitrogens with zero attached hydrogens (tertiary/aromatic N) is 2. The van der Waals surface area contributed by atoms with E-state index in [-0.39, 0.29) is 24.0 Å². The molecule has 1 aromatic carbocycles. The zero-order chi connectivity index (χ0) is 18.1. The van der Waals surface area contributed by atoms with Gasteiger partial charge in [0.1, 0.15) is 0 Å². The number of aryl methyl sites for hydroxylation is 1. The molecule has 0 amide bonds. The van der Waals surface area contributed by atoms with Crippen molar-refractivity contribution in [2.24, 2.45) is 4.99 Å². The highest BCUT2D eigenvalue weighted by molar-refractivity contribution is 14.0. The van der Waals surface area contributed by atoms with Crippen LogP contribution in [-0.4, -0.2) is 63.8 Å². The average Bonchev–Trinajstić information content (AvgIpc) is 3.07. The molecule has 0 bridgehead atoms. The lowest BCUT2D eigenvalue weighted by Gasteiger charge is -2.25. The molecule has 2 N–H and O–H groups in total. The highest BCUT2D eigenvalue weighted by Gasteiger charge is 2.23. The van der Waals surface area contributed by atoms with E-state index in [0.717, 1.165) is 32.2 Å². The summed E-state index contributed by atoms with van der Waals surface area (Å²) >= 11 is 0. The summed E-state index contributed by atoms with van der Waals surface area (Å²) in [5.41, 5.74) is 2.66. The van der Waals surface area contributed by atoms with Crippen LogP contribution in [0.3, 0.4) is 0 Å². The topological polar surface area (TPSA) is 48.9 Å². The zero-order valence-corrected chi connectivity index (χ0v) is 19.0. The molecule has 0 saturated carbocycles. The Labute approximate surface area is 176 Å². The average molecular weight is 474 g/mol. The van der Waals surface area contributed by atoms with Gasteiger partial charge in [0.2, 0.25) is 0 Å². The third-order valence-electron chi connectivity index (χ3n) is 5.03. The second kappa shape index (κ2) is 12.5. The lowest BCUT2D eigenvalue weighted by atomic mass is 10.0. The van der Waals surface area contributed by atoms with Crippen molar-refractivity contribution >= 4 is 29.9 Å². The zero-order valence-electron chi connectivity index (χ0n) is 16.6. The first-order valence-electron chi connectivity index (χ1n) is 9.38. The Bertz CT molecular complexity index is 535. The molecule has 0 aliphatic carbocycles. The second-order valence-corrected chi connectivity index (χ2v) is 6.97. The van der Waals surface area contributed by atoms with Crippen LogP contribution in [0.15, 0.2) is 29.3 Å². The van der Waals surface area contributed by atoms with Crippen LogP contribution < -0.4 is 10.6 Å². The maximum absolute atomic E-state index is 5.21. The fraction of sp³-hybridized carbons (Fsp3) is 0.650. The number of rotatable bonds is 8. The number of nitrogens with one attached hydrogen (secondary N) is 2. The van der Waals surface area contributed by atoms with Crippen LogP contribution >= 0.6 is 24.0 Å². The van der Waals surface area contributed by atoms with Crippen molar-refractivity contribution in [3.8, 4) is 0 Å². The van der Waals surface area contributed by atoms with Crippen LogP contribution in [0, 0.1) is 6.92 Å². The normalized spacial score (nSPS) is 19.1. The molecule has 0 radical (unpaired) electrons. The van der Waals surface area contributed by atoms with Gasteiger partial charge in [0.25, 0.3) is 0 Å². The van der Waals surface area contributed by atoms with Crippen molar-refractivity contribution in [1.29, 1.82) is 0 Å². The second-order valence-electron chi connectivity index (χ2n) is 6.97. The Kier molecular flexibility index (Phi) is 11.2. The molecule has 1 saturated heterocycles. The van der Waals surface area contributed by atoms with E-state index in [9.17, 15) is 0 Å². The smallest absolute Gasteiger partial charge is 0.191 e. The molecule has 2 atom stereocenters. The summed E-state index contributed by atoms with van der Waals surface area (Å²) in [6.07, 6.45) is 2.51. The fourth-order valence-electron chi connectivity index (χ4n) is 3.33. The Morgan fingerprint density at radius 2 is 2.04 bits per heavy atom. The number of halogens is 1. The molecular formula is C20H35IN4O. The number of ether oxygens (including phenoxy) is 1. The maximum Gasteiger partial charge on any atom is 0.191 e. The molecule has 1 heterocycles. The third-order valence-corrected chi connectivity index (χ3v) is 5.03. The van der Waals surface area contributed by atoms with Crippen molar-refractivity contribution in [3.05, 3.63) is 35.4 Å². The Morgan fingerprint density at radius 1 is 1.31 bits per heavy atom. The highest BCUT2D eigenvalue weighted by Crippen LogP contribution is 2.16. The summed E-state index contributed by atoms with van der Waals surface area (Å²) in [5.74, 6) is 1.33. The van der Waals surface area contributed by atoms with Gasteiger partial charge in [-0.3, -0.25) is 9.89 Å². The van der Waals surface area contributed by atoms with Crippen LogP contribution in [0.5, 0.6) is 0 Å². The quantitative estimate of drug-likeness (QED) is 0.346. The molecule has 1 fully saturated rings. The minimum absolute atomic E-state index is 0. The van der Waals surface area contributed by atoms with Crippen molar-refractivity contribution in [2.45, 2.75) is 38.6 Å². The van der Waals surface area contributed by atoms with Gasteiger partial charge in [0.15, 0.2) is 5.96 Å². The van der Waals surface area contributed by atoms with Crippen LogP contribution in [0.1, 0.15) is 36.8 Å². The van der Waals surface area contributed by atoms with E-state index in [1.165, 1.54) is 30.5 Å². The van der Waals surface area contributed by atoms with Gasteiger partial charge in [0, 0.05) is 39.8 Å². The summed E-state index contributed by atoms with van der Waals surface area (Å²) in [4.78, 5) is 6.88. The lowest BCUT2D eigenvalue weighted by Crippen LogP contribution is -2.46. The van der Waals surface area contributed by atoms with Gasteiger partial charge >= 0.3 is 0 Å². The van der Waals surface area contributed by atoms with Crippen molar-refractivity contribution < 1.29 is 4.74 Å². The summed E-state index contributed by atoms with van der Waals surface area (Å²) in [7, 11) is 3.60. The monoisotopic (exact) mass is 474 g/mol. The minimum Gasteiger partial charge on any atom is -0.383 e. The van der Waals surface area contributed by atoms with E-state index in [1.807, 2.05) is 7.05 Å². The summed E-state index contributed by atoms with van der Waals surface area (Å²) in [6.45, 7) is 9.16. The van der Waals surface area contributed by atoms with Crippen molar-refractivity contribution in [2.75, 3.05) is 46.9 Å². The molecule has 2 rings (SSSR count). The SMILES string of the molecule is CN=C(NCC(C)c1ccc(C)cc1)NCC1CCCN1CCOC.I. The third kappa shape index (κ3) is 7.40. The van der Waals surface area contributed by atoms with Crippen LogP contribution in [-0.2, 0) is 4.74 Å². The van der Waals surface area contributed by atoms with E-state index in [0.29, 0.717) is 12.0 Å². The van der Waals surface area contributed by atoms with Crippen LogP contribution in [0.25, 0.3) is 0 Å². The number of hydrogen-bond donors (Lipinski definition) is 2. The highest BCUT2D eigenvalue weighted by atomic mass is 127. The van der Waals surface area contributed by atoms with Gasteiger partial charge in [-0.1, -0.05) is 36.8 Å². The Balaban J connectivity index is 0.00000338. The van der Waals surface area contributed by atoms with Gasteiger partial charge in [-0.05, 0) is 37.8 Å². The fourth-order valence-corrected chi connectivity index (χ4v) is 3.33. The number of benzene rings is 1. The van der Waals surface area contributed by atoms with E-state index in [4.69, 9.17) is 4.74 Å². The molecule has 26 heavy (non-hydrogen) atoms. The summed E-state index contributed by atoms with van der Waals surface area (Å²) < 4.78 is 5.21. The first kappa shape index (κ1) is 23.2. The number of hydrogen-bond acceptors (Lipinski definition) is 3. The standard InChI is InChI=1S/C20H34N4O.HI/c1-16-7-9-18(10-8-16)17(2)14-22-20(21-3)23-15-19-6-5-11-24(19)12-13-25-4;/h7-10,17,19H,5-6,11-15H2,1-4H3,(H2,21,22,23);1H. The van der Waals surface area contributed by atoms with E-state index in [1.54, 1.807) is 7.11 Å². The molecule has 1 aliphatic rings. The van der Waals surface area contributed by atoms with Gasteiger partial charge in [-0.15, -0.1) is 24.0 Å². The van der Waals surface area contributed by atoms with Crippen molar-refractivity contribution in [1.82, 2.24) is 15.5 Å². The molecule has 0 spiro atoms. The number of guanidine groups is 1. The van der Waals surface area contributed by atoms with Gasteiger partial charge < -0.3 is 15.4 Å². The largest absolute Gasteiger partial charge is 0.383 e. The molecule has 6 heteroatoms. The Hall–Kier alpha value is -0.860. The number of aliphatic imine (C=N–C) groups is 1. The number of likely N-dealkylation sites (tertiary alicyclic amines) is 1. The van der Waals surface area contributed by atoms with Crippen molar-refractivity contribution in [3.63, 3.8) is 0 Å². The predicted molar refractivity (Wildman–Crippen MR) is 121 cm³/mol. The first-order chi connectivity index (χ1) is 12.1. The number of methoxy groups -OCH3 is 1. The van der Waals surface area contributed by atoms with E-state index in [2.05, 4.69) is 58.6 Å². The van der Waals surface area contributed by atoms with Crippen LogP contribution in [0.4, 0.5) is 0 Å². The molecule has 2 unspecified atom stereocenters. The maximum atomic E-state index is 5.21. The molecule has 1 aromatic rings. The molecule has 1 aliphatic heterocycles. The summed E-state index contributed by atoms with van der Waals surface area (Å²) in [5, 5.41) is 6.95. The molecule has 148 valence electrons. The summed E-state index contributed by atoms with van der Waals surface area (Å²) in [6, 6.07) is 9.35. The van der Waals surface area contributed by atoms with Crippen LogP contribution in [0.2, 0.25) is 0 Å². The van der Waals surface area contributed by atoms with Gasteiger partial charge in [-0.25, -0.2) is 0 Å². The minimum atomic E-state index is 0. The molecule has 5 nitrogen and oxygen atoms in total. The van der Waals surface area contributed by atoms with E-state index >= 15 is 0 Å². The Morgan fingerprint density at radius 3 is 2.69 bits per heavy atom. The molecule has 0 aromatic heterocycles. The predicted octanol–water partition coefficient (Wildman–Crippen LogP) is 2.99. The first-order valence-corrected chi connectivity index (χ1v) is 9.38. The molecular weight excluding hydrogens is 439 g/mol. The van der Waals surface area contributed by atoms with Gasteiger partial charge in [-0.2, -0.15) is 0 Å². The lowest BCUT2D eigenvalue weighted by molar-refractivity contribution is 0.141. The van der Waals surface area contributed by atoms with E-state index < -0.39 is 0 Å².